The van der Waals surface area contributed by atoms with E-state index in [0.29, 0.717) is 36.0 Å². The number of sulfone groups is 1. The molecule has 2 amide bonds. The zero-order chi connectivity index (χ0) is 29.0. The third-order valence-electron chi connectivity index (χ3n) is 6.35. The van der Waals surface area contributed by atoms with E-state index in [1.807, 2.05) is 25.1 Å². The number of hydrogen-bond donors (Lipinski definition) is 1. The first-order valence-corrected chi connectivity index (χ1v) is 16.2. The normalized spacial score (nSPS) is 15.5. The van der Waals surface area contributed by atoms with Gasteiger partial charge in [-0.15, -0.1) is 17.9 Å². The molecule has 2 heterocycles. The van der Waals surface area contributed by atoms with E-state index in [0.717, 1.165) is 33.5 Å². The Hall–Kier alpha value is -3.29. The van der Waals surface area contributed by atoms with Crippen LogP contribution in [0.2, 0.25) is 0 Å². The molecule has 0 fully saturated rings. The number of nitrogens with one attached hydrogen (secondary N) is 1. The van der Waals surface area contributed by atoms with E-state index < -0.39 is 39.1 Å². The van der Waals surface area contributed by atoms with Gasteiger partial charge < -0.3 is 19.4 Å². The van der Waals surface area contributed by atoms with Crippen molar-refractivity contribution < 1.29 is 32.3 Å². The van der Waals surface area contributed by atoms with Gasteiger partial charge in [0.05, 0.1) is 29.5 Å². The number of carbonyl (C=O) groups is 3. The average Bonchev–Trinajstić information content (AvgIpc) is 3.39. The first-order chi connectivity index (χ1) is 19.0. The standard InChI is InChI=1S/C27H31N3O7S3/c1-5-11-30-19-10-8-17(37-6-2)13-21(19)39-27(30)29-23(32)15-40(34,35)14-22(31)28-25-24(26(33)36-4)18-9-7-16(3)12-20(18)38-25/h5,8,10,13,16H,1,6-7,9,11-12,14-15H2,2-4H3,(H,28,31). The molecule has 1 aliphatic rings. The second-order valence-corrected chi connectivity index (χ2v) is 13.7. The third-order valence-corrected chi connectivity index (χ3v) is 9.95. The molecule has 4 rings (SSSR count). The van der Waals surface area contributed by atoms with Crippen molar-refractivity contribution in [1.82, 2.24) is 4.57 Å². The van der Waals surface area contributed by atoms with Crippen LogP contribution in [0.4, 0.5) is 5.00 Å². The van der Waals surface area contributed by atoms with Crippen molar-refractivity contribution in [1.29, 1.82) is 0 Å². The maximum absolute atomic E-state index is 12.8. The number of hydrogen-bond acceptors (Lipinski definition) is 9. The van der Waals surface area contributed by atoms with Gasteiger partial charge in [0.2, 0.25) is 5.91 Å². The number of aromatic nitrogens is 1. The number of thiophene rings is 1. The topological polar surface area (TPSA) is 133 Å². The van der Waals surface area contributed by atoms with Gasteiger partial charge in [-0.2, -0.15) is 4.99 Å². The van der Waals surface area contributed by atoms with Crippen LogP contribution in [-0.4, -0.2) is 56.0 Å². The predicted molar refractivity (Wildman–Crippen MR) is 156 cm³/mol. The molecule has 40 heavy (non-hydrogen) atoms. The van der Waals surface area contributed by atoms with Gasteiger partial charge in [0.1, 0.15) is 22.3 Å². The highest BCUT2D eigenvalue weighted by atomic mass is 32.2. The van der Waals surface area contributed by atoms with Gasteiger partial charge in [0, 0.05) is 11.4 Å². The van der Waals surface area contributed by atoms with Crippen molar-refractivity contribution >= 4 is 65.5 Å². The number of anilines is 1. The highest BCUT2D eigenvalue weighted by molar-refractivity contribution is 7.92. The first-order valence-electron chi connectivity index (χ1n) is 12.7. The first kappa shape index (κ1) is 29.7. The van der Waals surface area contributed by atoms with E-state index in [4.69, 9.17) is 9.47 Å². The van der Waals surface area contributed by atoms with Crippen molar-refractivity contribution in [2.24, 2.45) is 10.9 Å². The summed E-state index contributed by atoms with van der Waals surface area (Å²) in [7, 11) is -2.89. The van der Waals surface area contributed by atoms with Gasteiger partial charge in [0.15, 0.2) is 14.6 Å². The van der Waals surface area contributed by atoms with Gasteiger partial charge in [-0.3, -0.25) is 9.59 Å². The zero-order valence-corrected chi connectivity index (χ0v) is 25.0. The van der Waals surface area contributed by atoms with Crippen LogP contribution < -0.4 is 14.9 Å². The third kappa shape index (κ3) is 6.70. The number of allylic oxidation sites excluding steroid dienone is 1. The number of esters is 1. The zero-order valence-electron chi connectivity index (χ0n) is 22.5. The lowest BCUT2D eigenvalue weighted by Gasteiger charge is -2.18. The average molecular weight is 606 g/mol. The summed E-state index contributed by atoms with van der Waals surface area (Å²) in [4.78, 5) is 43.3. The molecule has 214 valence electrons. The molecule has 1 aromatic carbocycles. The van der Waals surface area contributed by atoms with Crippen LogP contribution in [-0.2, 0) is 43.5 Å². The smallest absolute Gasteiger partial charge is 0.341 e. The molecule has 0 radical (unpaired) electrons. The summed E-state index contributed by atoms with van der Waals surface area (Å²) in [6.45, 7) is 8.60. The second kappa shape index (κ2) is 12.5. The lowest BCUT2D eigenvalue weighted by atomic mass is 9.88. The fraction of sp³-hybridized carbons (Fsp3) is 0.407. The monoisotopic (exact) mass is 605 g/mol. The van der Waals surface area contributed by atoms with Crippen LogP contribution in [0.25, 0.3) is 10.2 Å². The lowest BCUT2D eigenvalue weighted by Crippen LogP contribution is -2.28. The SMILES string of the molecule is C=CCn1c(=NC(=O)CS(=O)(=O)CC(=O)Nc2sc3c(c2C(=O)OC)CCC(C)C3)sc2cc(OCC)ccc21. The van der Waals surface area contributed by atoms with Gasteiger partial charge in [-0.25, -0.2) is 13.2 Å². The Bertz CT molecular complexity index is 1650. The summed E-state index contributed by atoms with van der Waals surface area (Å²) in [6, 6.07) is 5.49. The molecule has 1 atom stereocenters. The number of methoxy groups -OCH3 is 1. The van der Waals surface area contributed by atoms with E-state index >= 15 is 0 Å². The number of thiazole rings is 1. The molecule has 0 aliphatic heterocycles. The van der Waals surface area contributed by atoms with Crippen molar-refractivity contribution in [2.75, 3.05) is 30.5 Å². The molecule has 0 saturated carbocycles. The molecule has 0 saturated heterocycles. The van der Waals surface area contributed by atoms with Crippen molar-refractivity contribution in [3.8, 4) is 5.75 Å². The molecular formula is C27H31N3O7S3. The van der Waals surface area contributed by atoms with E-state index in [9.17, 15) is 22.8 Å². The van der Waals surface area contributed by atoms with Gasteiger partial charge in [-0.1, -0.05) is 24.3 Å². The minimum absolute atomic E-state index is 0.268. The Morgan fingerprint density at radius 2 is 2.02 bits per heavy atom. The molecule has 10 nitrogen and oxygen atoms in total. The highest BCUT2D eigenvalue weighted by Gasteiger charge is 2.30. The fourth-order valence-corrected chi connectivity index (χ4v) is 8.11. The van der Waals surface area contributed by atoms with Gasteiger partial charge in [0.25, 0.3) is 5.91 Å². The molecule has 1 N–H and O–H groups in total. The quantitative estimate of drug-likeness (QED) is 0.275. The van der Waals surface area contributed by atoms with Crippen LogP contribution in [0.5, 0.6) is 5.75 Å². The van der Waals surface area contributed by atoms with Crippen molar-refractivity contribution in [2.45, 2.75) is 39.7 Å². The molecule has 1 unspecified atom stereocenters. The Morgan fingerprint density at radius 1 is 1.25 bits per heavy atom. The fourth-order valence-electron chi connectivity index (χ4n) is 4.60. The summed E-state index contributed by atoms with van der Waals surface area (Å²) in [5.41, 5.74) is 1.92. The highest BCUT2D eigenvalue weighted by Crippen LogP contribution is 2.40. The number of fused-ring (bicyclic) bond motifs is 2. The predicted octanol–water partition coefficient (Wildman–Crippen LogP) is 3.74. The molecular weight excluding hydrogens is 575 g/mol. The van der Waals surface area contributed by atoms with Crippen LogP contribution >= 0.6 is 22.7 Å². The number of amides is 2. The summed E-state index contributed by atoms with van der Waals surface area (Å²) in [5.74, 6) is -3.06. The van der Waals surface area contributed by atoms with Crippen molar-refractivity contribution in [3.05, 3.63) is 51.7 Å². The number of carbonyl (C=O) groups excluding carboxylic acids is 3. The van der Waals surface area contributed by atoms with Crippen LogP contribution in [0.15, 0.2) is 35.8 Å². The van der Waals surface area contributed by atoms with E-state index in [1.165, 1.54) is 29.8 Å². The molecule has 13 heteroatoms. The minimum atomic E-state index is -4.15. The summed E-state index contributed by atoms with van der Waals surface area (Å²) in [6.07, 6.45) is 4.00. The Morgan fingerprint density at radius 3 is 2.73 bits per heavy atom. The summed E-state index contributed by atoms with van der Waals surface area (Å²) in [5, 5.41) is 2.84. The number of ether oxygens (including phenoxy) is 2. The van der Waals surface area contributed by atoms with Crippen LogP contribution in [0.3, 0.4) is 0 Å². The summed E-state index contributed by atoms with van der Waals surface area (Å²) >= 11 is 2.48. The number of rotatable bonds is 10. The van der Waals surface area contributed by atoms with Gasteiger partial charge >= 0.3 is 5.97 Å². The maximum atomic E-state index is 12.8. The summed E-state index contributed by atoms with van der Waals surface area (Å²) < 4.78 is 38.6. The van der Waals surface area contributed by atoms with Crippen LogP contribution in [0.1, 0.15) is 41.1 Å². The van der Waals surface area contributed by atoms with Crippen LogP contribution in [0, 0.1) is 5.92 Å². The Kier molecular flexibility index (Phi) is 9.26. The van der Waals surface area contributed by atoms with Gasteiger partial charge in [-0.05, 0) is 55.9 Å². The lowest BCUT2D eigenvalue weighted by molar-refractivity contribution is -0.115. The van der Waals surface area contributed by atoms with E-state index in [-0.39, 0.29) is 10.6 Å². The largest absolute Gasteiger partial charge is 0.494 e. The number of benzene rings is 1. The Balaban J connectivity index is 1.51. The van der Waals surface area contributed by atoms with E-state index in [1.54, 1.807) is 10.6 Å². The second-order valence-electron chi connectivity index (χ2n) is 9.48. The number of nitrogens with zero attached hydrogens (tertiary/aromatic N) is 2. The molecule has 3 aromatic rings. The molecule has 1 aliphatic carbocycles. The molecule has 2 aromatic heterocycles. The van der Waals surface area contributed by atoms with E-state index in [2.05, 4.69) is 23.8 Å². The van der Waals surface area contributed by atoms with Crippen molar-refractivity contribution in [3.63, 3.8) is 0 Å². The minimum Gasteiger partial charge on any atom is -0.494 e. The molecule has 0 bridgehead atoms. The Labute approximate surface area is 240 Å². The maximum Gasteiger partial charge on any atom is 0.341 e. The molecule has 0 spiro atoms.